The zero-order valence-corrected chi connectivity index (χ0v) is 15.8. The van der Waals surface area contributed by atoms with Gasteiger partial charge in [0.15, 0.2) is 11.5 Å². The van der Waals surface area contributed by atoms with Gasteiger partial charge in [-0.25, -0.2) is 9.97 Å². The Labute approximate surface area is 166 Å². The number of piperazine rings is 1. The minimum absolute atomic E-state index is 0.101. The van der Waals surface area contributed by atoms with Crippen LogP contribution in [0.25, 0.3) is 0 Å². The van der Waals surface area contributed by atoms with E-state index in [0.717, 1.165) is 6.29 Å². The largest absolute Gasteiger partial charge is 0.391 e. The van der Waals surface area contributed by atoms with Gasteiger partial charge in [-0.1, -0.05) is 0 Å². The number of allylic oxidation sites excluding steroid dienone is 1. The number of amides is 1. The van der Waals surface area contributed by atoms with Crippen molar-refractivity contribution in [1.82, 2.24) is 19.8 Å². The van der Waals surface area contributed by atoms with Gasteiger partial charge in [0.05, 0.1) is 5.92 Å². The van der Waals surface area contributed by atoms with Crippen LogP contribution in [0.3, 0.4) is 0 Å². The van der Waals surface area contributed by atoms with Gasteiger partial charge in [0.25, 0.3) is 5.91 Å². The molecule has 1 aliphatic carbocycles. The van der Waals surface area contributed by atoms with Crippen LogP contribution in [-0.2, 0) is 4.79 Å². The highest BCUT2D eigenvalue weighted by Crippen LogP contribution is 2.57. The summed E-state index contributed by atoms with van der Waals surface area (Å²) in [7, 11) is 0. The number of nitrogens with zero attached hydrogens (tertiary/aromatic N) is 5. The lowest BCUT2D eigenvalue weighted by atomic mass is 9.57. The third-order valence-electron chi connectivity index (χ3n) is 6.03. The van der Waals surface area contributed by atoms with Crippen molar-refractivity contribution in [1.29, 1.82) is 0 Å². The van der Waals surface area contributed by atoms with Gasteiger partial charge in [-0.15, -0.1) is 0 Å². The van der Waals surface area contributed by atoms with Gasteiger partial charge < -0.3 is 14.7 Å². The minimum atomic E-state index is -4.14. The molecule has 2 aliphatic heterocycles. The molecular formula is C19H22F3N5O2. The van der Waals surface area contributed by atoms with Crippen molar-refractivity contribution in [3.63, 3.8) is 0 Å². The maximum atomic E-state index is 12.9. The zero-order chi connectivity index (χ0) is 20.6. The second kappa shape index (κ2) is 7.31. The standard InChI is InChI=1S/C19H22F3N5O2/c20-19(21,22)14-10-18(11-14)12-27(13-18)17(29)15-16(24-3-2-23-15)26-7-5-25(6-8-26)4-1-9-28/h1-4,9,14H,5-8,10-13H2. The topological polar surface area (TPSA) is 69.6 Å². The quantitative estimate of drug-likeness (QED) is 0.557. The summed E-state index contributed by atoms with van der Waals surface area (Å²) < 4.78 is 38.3. The molecule has 1 amide bonds. The van der Waals surface area contributed by atoms with E-state index < -0.39 is 12.1 Å². The fraction of sp³-hybridized carbons (Fsp3) is 0.579. The van der Waals surface area contributed by atoms with E-state index in [9.17, 15) is 22.8 Å². The summed E-state index contributed by atoms with van der Waals surface area (Å²) in [6, 6.07) is 0. The number of halogens is 3. The minimum Gasteiger partial charge on any atom is -0.374 e. The molecule has 0 bridgehead atoms. The average molecular weight is 409 g/mol. The molecule has 1 saturated carbocycles. The number of alkyl halides is 3. The lowest BCUT2D eigenvalue weighted by Gasteiger charge is -2.59. The molecule has 156 valence electrons. The Kier molecular flexibility index (Phi) is 4.95. The monoisotopic (exact) mass is 409 g/mol. The van der Waals surface area contributed by atoms with Crippen LogP contribution >= 0.6 is 0 Å². The van der Waals surface area contributed by atoms with Gasteiger partial charge in [-0.2, -0.15) is 13.2 Å². The number of hydrogen-bond acceptors (Lipinski definition) is 6. The van der Waals surface area contributed by atoms with Crippen molar-refractivity contribution in [2.75, 3.05) is 44.2 Å². The maximum Gasteiger partial charge on any atom is 0.391 e. The fourth-order valence-corrected chi connectivity index (χ4v) is 4.48. The van der Waals surface area contributed by atoms with E-state index in [0.29, 0.717) is 45.1 Å². The highest BCUT2D eigenvalue weighted by atomic mass is 19.4. The molecule has 3 fully saturated rings. The first-order valence-corrected chi connectivity index (χ1v) is 9.59. The molecule has 0 aromatic carbocycles. The van der Waals surface area contributed by atoms with Gasteiger partial charge in [-0.3, -0.25) is 9.59 Å². The van der Waals surface area contributed by atoms with Crippen molar-refractivity contribution in [2.24, 2.45) is 11.3 Å². The molecule has 29 heavy (non-hydrogen) atoms. The predicted octanol–water partition coefficient (Wildman–Crippen LogP) is 1.73. The third-order valence-corrected chi connectivity index (χ3v) is 6.03. The second-order valence-corrected chi connectivity index (χ2v) is 8.04. The van der Waals surface area contributed by atoms with Gasteiger partial charge in [0.1, 0.15) is 6.29 Å². The van der Waals surface area contributed by atoms with Crippen LogP contribution in [0.5, 0.6) is 0 Å². The molecule has 0 unspecified atom stereocenters. The molecule has 1 spiro atoms. The number of aromatic nitrogens is 2. The second-order valence-electron chi connectivity index (χ2n) is 8.04. The first-order chi connectivity index (χ1) is 13.8. The van der Waals surface area contributed by atoms with Gasteiger partial charge in [0.2, 0.25) is 0 Å². The van der Waals surface area contributed by atoms with Crippen LogP contribution in [0, 0.1) is 11.3 Å². The summed E-state index contributed by atoms with van der Waals surface area (Å²) in [6.45, 7) is 3.30. The van der Waals surface area contributed by atoms with Crippen LogP contribution in [0.1, 0.15) is 23.3 Å². The summed E-state index contributed by atoms with van der Waals surface area (Å²) in [4.78, 5) is 37.5. The highest BCUT2D eigenvalue weighted by molar-refractivity contribution is 5.97. The van der Waals surface area contributed by atoms with Crippen molar-refractivity contribution in [3.8, 4) is 0 Å². The number of rotatable bonds is 4. The van der Waals surface area contributed by atoms with Crippen LogP contribution in [0.15, 0.2) is 24.7 Å². The SMILES string of the molecule is O=CC=CN1CCN(c2nccnc2C(=O)N2CC3(CC(C(F)(F)F)C3)C2)CC1. The Balaban J connectivity index is 1.38. The summed E-state index contributed by atoms with van der Waals surface area (Å²) in [5.74, 6) is -1.02. The van der Waals surface area contributed by atoms with Crippen LogP contribution in [0.4, 0.5) is 19.0 Å². The van der Waals surface area contributed by atoms with E-state index in [1.54, 1.807) is 11.1 Å². The van der Waals surface area contributed by atoms with Crippen molar-refractivity contribution in [2.45, 2.75) is 19.0 Å². The Bertz CT molecular complexity index is 806. The highest BCUT2D eigenvalue weighted by Gasteiger charge is 2.61. The molecule has 10 heteroatoms. The first-order valence-electron chi connectivity index (χ1n) is 9.59. The number of carbonyl (C=O) groups is 2. The predicted molar refractivity (Wildman–Crippen MR) is 98.1 cm³/mol. The Morgan fingerprint density at radius 1 is 1.10 bits per heavy atom. The molecule has 7 nitrogen and oxygen atoms in total. The molecule has 3 aliphatic rings. The molecule has 1 aromatic rings. The smallest absolute Gasteiger partial charge is 0.374 e. The summed E-state index contributed by atoms with van der Waals surface area (Å²) in [5.41, 5.74) is -0.139. The van der Waals surface area contributed by atoms with E-state index in [2.05, 4.69) is 9.97 Å². The molecule has 2 saturated heterocycles. The van der Waals surface area contributed by atoms with Crippen LogP contribution in [0.2, 0.25) is 0 Å². The van der Waals surface area contributed by atoms with E-state index in [1.165, 1.54) is 18.5 Å². The van der Waals surface area contributed by atoms with Crippen molar-refractivity contribution in [3.05, 3.63) is 30.4 Å². The Morgan fingerprint density at radius 3 is 2.38 bits per heavy atom. The number of likely N-dealkylation sites (tertiary alicyclic amines) is 1. The average Bonchev–Trinajstić information content (AvgIpc) is 2.63. The summed E-state index contributed by atoms with van der Waals surface area (Å²) in [6.07, 6.45) is 2.95. The number of hydrogen-bond donors (Lipinski definition) is 0. The molecule has 0 atom stereocenters. The molecule has 3 heterocycles. The normalized spacial score (nSPS) is 22.0. The first kappa shape index (κ1) is 19.7. The molecule has 0 N–H and O–H groups in total. The Morgan fingerprint density at radius 2 is 1.76 bits per heavy atom. The number of aldehydes is 1. The van der Waals surface area contributed by atoms with E-state index in [4.69, 9.17) is 0 Å². The van der Waals surface area contributed by atoms with Gasteiger partial charge in [-0.05, 0) is 18.9 Å². The van der Waals surface area contributed by atoms with E-state index in [-0.39, 0.29) is 29.9 Å². The zero-order valence-electron chi connectivity index (χ0n) is 15.8. The van der Waals surface area contributed by atoms with E-state index >= 15 is 0 Å². The van der Waals surface area contributed by atoms with Gasteiger partial charge in [0, 0.05) is 63.3 Å². The third kappa shape index (κ3) is 3.79. The number of anilines is 1. The lowest BCUT2D eigenvalue weighted by Crippen LogP contribution is -2.65. The Hall–Kier alpha value is -2.65. The summed E-state index contributed by atoms with van der Waals surface area (Å²) in [5, 5.41) is 0. The molecule has 1 aromatic heterocycles. The van der Waals surface area contributed by atoms with Crippen LogP contribution < -0.4 is 4.90 Å². The lowest BCUT2D eigenvalue weighted by molar-refractivity contribution is -0.238. The fourth-order valence-electron chi connectivity index (χ4n) is 4.48. The number of carbonyl (C=O) groups excluding carboxylic acids is 2. The van der Waals surface area contributed by atoms with Crippen molar-refractivity contribution < 1.29 is 22.8 Å². The molecular weight excluding hydrogens is 387 g/mol. The van der Waals surface area contributed by atoms with E-state index in [1.807, 2.05) is 9.80 Å². The van der Waals surface area contributed by atoms with Gasteiger partial charge >= 0.3 is 6.18 Å². The van der Waals surface area contributed by atoms with Crippen molar-refractivity contribution >= 4 is 18.0 Å². The summed E-state index contributed by atoms with van der Waals surface area (Å²) >= 11 is 0. The molecule has 4 rings (SSSR count). The van der Waals surface area contributed by atoms with Crippen LogP contribution in [-0.4, -0.2) is 77.4 Å². The molecule has 0 radical (unpaired) electrons. The maximum absolute atomic E-state index is 12.9.